The van der Waals surface area contributed by atoms with Gasteiger partial charge in [0.25, 0.3) is 0 Å². The molecule has 0 aromatic carbocycles. The van der Waals surface area contributed by atoms with Crippen LogP contribution in [0.1, 0.15) is 27.7 Å². The van der Waals surface area contributed by atoms with Gasteiger partial charge in [-0.2, -0.15) is 0 Å². The van der Waals surface area contributed by atoms with Crippen molar-refractivity contribution in [2.24, 2.45) is 0 Å². The zero-order valence-corrected chi connectivity index (χ0v) is 12.1. The predicted molar refractivity (Wildman–Crippen MR) is 73.0 cm³/mol. The molecule has 84 valence electrons. The Labute approximate surface area is 95.8 Å². The highest BCUT2D eigenvalue weighted by atomic mass is 28.3. The molecule has 1 aliphatic carbocycles. The molecule has 0 radical (unpaired) electrons. The maximum Gasteiger partial charge on any atom is 0.0632 e. The van der Waals surface area contributed by atoms with Crippen molar-refractivity contribution in [3.05, 3.63) is 34.9 Å². The molecule has 0 aliphatic heterocycles. The minimum Gasteiger partial charge on any atom is -0.103 e. The number of hydrogen-bond donors (Lipinski definition) is 0. The van der Waals surface area contributed by atoms with Crippen molar-refractivity contribution >= 4 is 8.07 Å². The van der Waals surface area contributed by atoms with Gasteiger partial charge in [-0.1, -0.05) is 30.3 Å². The fourth-order valence-electron chi connectivity index (χ4n) is 3.01. The van der Waals surface area contributed by atoms with Gasteiger partial charge in [0.1, 0.15) is 0 Å². The summed E-state index contributed by atoms with van der Waals surface area (Å²) in [5.74, 6) is 0. The van der Waals surface area contributed by atoms with Gasteiger partial charge in [0.2, 0.25) is 0 Å². The Morgan fingerprint density at radius 2 is 1.47 bits per heavy atom. The van der Waals surface area contributed by atoms with E-state index in [2.05, 4.69) is 53.4 Å². The lowest BCUT2D eigenvalue weighted by atomic mass is 10.1. The van der Waals surface area contributed by atoms with Crippen molar-refractivity contribution in [3.63, 3.8) is 0 Å². The Hall–Kier alpha value is -0.563. The zero-order chi connectivity index (χ0) is 11.8. The Balaban J connectivity index is 3.13. The molecule has 0 fully saturated rings. The summed E-state index contributed by atoms with van der Waals surface area (Å²) in [4.78, 5) is 0. The largest absolute Gasteiger partial charge is 0.103 e. The lowest BCUT2D eigenvalue weighted by molar-refractivity contribution is 1.06. The van der Waals surface area contributed by atoms with E-state index in [1.165, 1.54) is 17.2 Å². The SMILES string of the molecule is C=CC[Si](C)(C)C1C(C)=C(C)C(C)=C1C. The molecule has 1 heteroatoms. The fourth-order valence-corrected chi connectivity index (χ4v) is 6.77. The minimum atomic E-state index is -1.21. The second-order valence-corrected chi connectivity index (χ2v) is 10.5. The third-order valence-electron chi connectivity index (χ3n) is 4.06. The molecule has 0 amide bonds. The fraction of sp³-hybridized carbons (Fsp3) is 0.571. The molecule has 0 saturated heterocycles. The average Bonchev–Trinajstić information content (AvgIpc) is 2.31. The van der Waals surface area contributed by atoms with Crippen LogP contribution in [0.15, 0.2) is 34.9 Å². The van der Waals surface area contributed by atoms with E-state index in [4.69, 9.17) is 0 Å². The molecule has 0 aromatic heterocycles. The van der Waals surface area contributed by atoms with E-state index >= 15 is 0 Å². The monoisotopic (exact) mass is 220 g/mol. The standard InChI is InChI=1S/C14H24Si/c1-8-9-15(6,7)14-12(4)10(2)11(3)13(14)5/h8,14H,1,9H2,2-7H3. The Morgan fingerprint density at radius 1 is 1.07 bits per heavy atom. The van der Waals surface area contributed by atoms with Gasteiger partial charge in [0, 0.05) is 0 Å². The van der Waals surface area contributed by atoms with E-state index in [-0.39, 0.29) is 0 Å². The smallest absolute Gasteiger partial charge is 0.0632 e. The minimum absolute atomic E-state index is 0.746. The summed E-state index contributed by atoms with van der Waals surface area (Å²) in [5, 5.41) is 0. The van der Waals surface area contributed by atoms with E-state index in [0.29, 0.717) is 0 Å². The number of rotatable bonds is 3. The third-order valence-corrected chi connectivity index (χ3v) is 7.83. The van der Waals surface area contributed by atoms with Crippen molar-refractivity contribution in [2.45, 2.75) is 52.4 Å². The molecule has 1 aliphatic rings. The maximum absolute atomic E-state index is 3.91. The molecular weight excluding hydrogens is 196 g/mol. The molecule has 0 nitrogen and oxygen atoms in total. The predicted octanol–water partition coefficient (Wildman–Crippen LogP) is 4.94. The first kappa shape index (κ1) is 12.5. The maximum atomic E-state index is 3.91. The van der Waals surface area contributed by atoms with Crippen molar-refractivity contribution in [3.8, 4) is 0 Å². The van der Waals surface area contributed by atoms with Gasteiger partial charge < -0.3 is 0 Å². The Morgan fingerprint density at radius 3 is 1.80 bits per heavy atom. The topological polar surface area (TPSA) is 0 Å². The molecule has 0 bridgehead atoms. The summed E-state index contributed by atoms with van der Waals surface area (Å²) >= 11 is 0. The van der Waals surface area contributed by atoms with Gasteiger partial charge in [-0.25, -0.2) is 0 Å². The molecule has 0 heterocycles. The van der Waals surface area contributed by atoms with Crippen LogP contribution < -0.4 is 0 Å². The van der Waals surface area contributed by atoms with Crippen LogP contribution in [0.5, 0.6) is 0 Å². The van der Waals surface area contributed by atoms with Gasteiger partial charge in [-0.15, -0.1) is 6.58 Å². The zero-order valence-electron chi connectivity index (χ0n) is 11.1. The highest BCUT2D eigenvalue weighted by Gasteiger charge is 2.37. The lowest BCUT2D eigenvalue weighted by Crippen LogP contribution is -2.32. The summed E-state index contributed by atoms with van der Waals surface area (Å²) in [6, 6.07) is 1.22. The van der Waals surface area contributed by atoms with E-state index in [1.807, 2.05) is 0 Å². The van der Waals surface area contributed by atoms with Gasteiger partial charge >= 0.3 is 0 Å². The first-order valence-corrected chi connectivity index (χ1v) is 9.07. The first-order chi connectivity index (χ1) is 6.83. The molecule has 0 N–H and O–H groups in total. The molecule has 0 aromatic rings. The van der Waals surface area contributed by atoms with Crippen LogP contribution in [0.25, 0.3) is 0 Å². The van der Waals surface area contributed by atoms with Crippen LogP contribution in [0.2, 0.25) is 24.7 Å². The van der Waals surface area contributed by atoms with E-state index in [1.54, 1.807) is 11.1 Å². The van der Waals surface area contributed by atoms with Crippen LogP contribution in [0.3, 0.4) is 0 Å². The van der Waals surface area contributed by atoms with Gasteiger partial charge in [-0.3, -0.25) is 0 Å². The number of allylic oxidation sites excluding steroid dienone is 5. The molecule has 1 rings (SSSR count). The molecule has 15 heavy (non-hydrogen) atoms. The summed E-state index contributed by atoms with van der Waals surface area (Å²) in [7, 11) is -1.21. The molecule has 0 atom stereocenters. The molecule has 0 spiro atoms. The van der Waals surface area contributed by atoms with Crippen LogP contribution >= 0.6 is 0 Å². The van der Waals surface area contributed by atoms with Gasteiger partial charge in [0.15, 0.2) is 0 Å². The van der Waals surface area contributed by atoms with E-state index in [0.717, 1.165) is 5.54 Å². The lowest BCUT2D eigenvalue weighted by Gasteiger charge is -2.31. The second-order valence-electron chi connectivity index (χ2n) is 5.53. The average molecular weight is 220 g/mol. The van der Waals surface area contributed by atoms with Crippen molar-refractivity contribution < 1.29 is 0 Å². The van der Waals surface area contributed by atoms with Crippen LogP contribution in [0, 0.1) is 0 Å². The number of hydrogen-bond acceptors (Lipinski definition) is 0. The molecule has 0 saturated carbocycles. The van der Waals surface area contributed by atoms with Gasteiger partial charge in [-0.05, 0) is 50.4 Å². The Kier molecular flexibility index (Phi) is 3.44. The van der Waals surface area contributed by atoms with Crippen molar-refractivity contribution in [1.82, 2.24) is 0 Å². The Bertz CT molecular complexity index is 318. The summed E-state index contributed by atoms with van der Waals surface area (Å²) < 4.78 is 0. The summed E-state index contributed by atoms with van der Waals surface area (Å²) in [6.45, 7) is 18.1. The van der Waals surface area contributed by atoms with E-state index in [9.17, 15) is 0 Å². The third kappa shape index (κ3) is 2.03. The van der Waals surface area contributed by atoms with Crippen LogP contribution in [-0.2, 0) is 0 Å². The van der Waals surface area contributed by atoms with Crippen molar-refractivity contribution in [2.75, 3.05) is 0 Å². The molecule has 0 unspecified atom stereocenters. The summed E-state index contributed by atoms with van der Waals surface area (Å²) in [5.41, 5.74) is 7.03. The van der Waals surface area contributed by atoms with Gasteiger partial charge in [0.05, 0.1) is 8.07 Å². The van der Waals surface area contributed by atoms with E-state index < -0.39 is 8.07 Å². The highest BCUT2D eigenvalue weighted by Crippen LogP contribution is 2.47. The van der Waals surface area contributed by atoms with Crippen LogP contribution in [0.4, 0.5) is 0 Å². The molecular formula is C14H24Si. The van der Waals surface area contributed by atoms with Crippen molar-refractivity contribution in [1.29, 1.82) is 0 Å². The normalized spacial score (nSPS) is 19.1. The summed E-state index contributed by atoms with van der Waals surface area (Å²) in [6.07, 6.45) is 2.11. The van der Waals surface area contributed by atoms with Crippen LogP contribution in [-0.4, -0.2) is 8.07 Å². The second kappa shape index (κ2) is 4.13. The highest BCUT2D eigenvalue weighted by molar-refractivity contribution is 6.80. The first-order valence-electron chi connectivity index (χ1n) is 5.79. The quantitative estimate of drug-likeness (QED) is 0.467.